The van der Waals surface area contributed by atoms with Crippen molar-refractivity contribution in [3.05, 3.63) is 192 Å². The van der Waals surface area contributed by atoms with Crippen molar-refractivity contribution < 1.29 is 9.47 Å². The van der Waals surface area contributed by atoms with Gasteiger partial charge in [-0.25, -0.2) is 0 Å². The molecule has 220 valence electrons. The first-order valence-corrected chi connectivity index (χ1v) is 15.7. The molecule has 0 N–H and O–H groups in total. The Morgan fingerprint density at radius 3 is 1.62 bits per heavy atom. The van der Waals surface area contributed by atoms with E-state index in [1.165, 1.54) is 27.8 Å². The molecule has 7 aromatic carbocycles. The molecule has 9 rings (SSSR count). The zero-order valence-electron chi connectivity index (χ0n) is 25.4. The number of fused-ring (bicyclic) bond motifs is 5. The van der Waals surface area contributed by atoms with Crippen molar-refractivity contribution in [3.63, 3.8) is 0 Å². The molecule has 7 aromatic rings. The van der Waals surface area contributed by atoms with Crippen LogP contribution in [0.1, 0.15) is 27.8 Å². The van der Waals surface area contributed by atoms with E-state index in [1.54, 1.807) is 0 Å². The van der Waals surface area contributed by atoms with E-state index in [4.69, 9.17) is 9.47 Å². The quantitative estimate of drug-likeness (QED) is 0.202. The molecule has 0 fully saturated rings. The molecule has 0 amide bonds. The van der Waals surface area contributed by atoms with Crippen LogP contribution in [0.4, 0.5) is 0 Å². The molecule has 0 radical (unpaired) electrons. The molecule has 0 saturated carbocycles. The van der Waals surface area contributed by atoms with Gasteiger partial charge in [0.25, 0.3) is 0 Å². The monoisotopic (exact) mass is 601 g/mol. The molecule has 3 nitrogen and oxygen atoms in total. The highest BCUT2D eigenvalue weighted by Crippen LogP contribution is 2.59. The Labute approximate surface area is 273 Å². The van der Waals surface area contributed by atoms with Gasteiger partial charge in [-0.2, -0.15) is 5.26 Å². The predicted octanol–water partition coefficient (Wildman–Crippen LogP) is 11.2. The van der Waals surface area contributed by atoms with Crippen molar-refractivity contribution in [2.24, 2.45) is 0 Å². The lowest BCUT2D eigenvalue weighted by Crippen LogP contribution is -2.28. The third-order valence-electron chi connectivity index (χ3n) is 9.47. The molecule has 0 aromatic heterocycles. The molecule has 1 aliphatic heterocycles. The third kappa shape index (κ3) is 4.13. The Hall–Kier alpha value is -6.37. The van der Waals surface area contributed by atoms with E-state index in [0.29, 0.717) is 28.6 Å². The number of nitrogens with zero attached hydrogens (tertiary/aromatic N) is 1. The summed E-state index contributed by atoms with van der Waals surface area (Å²) < 4.78 is 13.3. The number of ether oxygens (including phenoxy) is 2. The summed E-state index contributed by atoms with van der Waals surface area (Å²) in [6, 6.07) is 58.9. The summed E-state index contributed by atoms with van der Waals surface area (Å²) in [6.45, 7) is 0. The molecule has 0 spiro atoms. The minimum atomic E-state index is -0.508. The fourth-order valence-electron chi connectivity index (χ4n) is 7.40. The van der Waals surface area contributed by atoms with Crippen LogP contribution in [0, 0.1) is 11.3 Å². The van der Waals surface area contributed by atoms with Crippen LogP contribution in [-0.2, 0) is 5.41 Å². The molecular weight excluding hydrogens is 574 g/mol. The average Bonchev–Trinajstić information content (AvgIpc) is 3.43. The standard InChI is InChI=1S/C44H27NO2/c45-28-29-19-21-30(22-20-29)34-15-7-8-16-35(34)31-23-24-40-41(25-31)47-42-26-37-36-17-9-10-18-38(36)44(32-11-3-1-4-12-32,33-13-5-2-6-14-33)39(37)27-43(42)46-40/h1-27H. The second kappa shape index (κ2) is 10.6. The van der Waals surface area contributed by atoms with Crippen LogP contribution in [0.5, 0.6) is 23.0 Å². The molecule has 1 aliphatic carbocycles. The van der Waals surface area contributed by atoms with E-state index in [-0.39, 0.29) is 0 Å². The van der Waals surface area contributed by atoms with Gasteiger partial charge in [0.2, 0.25) is 0 Å². The topological polar surface area (TPSA) is 42.2 Å². The van der Waals surface area contributed by atoms with Crippen LogP contribution >= 0.6 is 0 Å². The Morgan fingerprint density at radius 1 is 0.404 bits per heavy atom. The van der Waals surface area contributed by atoms with Crippen LogP contribution in [-0.4, -0.2) is 0 Å². The molecular formula is C44H27NO2. The number of hydrogen-bond acceptors (Lipinski definition) is 3. The van der Waals surface area contributed by atoms with Gasteiger partial charge in [-0.05, 0) is 92.0 Å². The fraction of sp³-hybridized carbons (Fsp3) is 0.0227. The minimum Gasteiger partial charge on any atom is -0.450 e. The number of benzene rings is 7. The van der Waals surface area contributed by atoms with Crippen molar-refractivity contribution >= 4 is 0 Å². The highest BCUT2D eigenvalue weighted by Gasteiger charge is 2.47. The Balaban J connectivity index is 1.17. The van der Waals surface area contributed by atoms with Gasteiger partial charge in [-0.15, -0.1) is 0 Å². The zero-order valence-corrected chi connectivity index (χ0v) is 25.4. The summed E-state index contributed by atoms with van der Waals surface area (Å²) in [5.74, 6) is 2.75. The number of hydrogen-bond donors (Lipinski definition) is 0. The first kappa shape index (κ1) is 27.0. The maximum atomic E-state index is 9.27. The lowest BCUT2D eigenvalue weighted by atomic mass is 9.67. The molecule has 0 atom stereocenters. The minimum absolute atomic E-state index is 0.508. The van der Waals surface area contributed by atoms with Gasteiger partial charge in [0.15, 0.2) is 23.0 Å². The molecule has 47 heavy (non-hydrogen) atoms. The summed E-state index contributed by atoms with van der Waals surface area (Å²) in [7, 11) is 0. The molecule has 2 aliphatic rings. The van der Waals surface area contributed by atoms with Crippen molar-refractivity contribution in [1.29, 1.82) is 5.26 Å². The van der Waals surface area contributed by atoms with Crippen molar-refractivity contribution in [3.8, 4) is 62.4 Å². The van der Waals surface area contributed by atoms with Gasteiger partial charge < -0.3 is 9.47 Å². The highest BCUT2D eigenvalue weighted by atomic mass is 16.6. The van der Waals surface area contributed by atoms with Gasteiger partial charge in [0, 0.05) is 0 Å². The fourth-order valence-corrected chi connectivity index (χ4v) is 7.40. The van der Waals surface area contributed by atoms with Crippen molar-refractivity contribution in [2.75, 3.05) is 0 Å². The van der Waals surface area contributed by atoms with Crippen LogP contribution < -0.4 is 9.47 Å². The Bertz CT molecular complexity index is 2310. The lowest BCUT2D eigenvalue weighted by molar-refractivity contribution is 0.359. The maximum Gasteiger partial charge on any atom is 0.170 e. The van der Waals surface area contributed by atoms with Crippen molar-refractivity contribution in [2.45, 2.75) is 5.41 Å². The second-order valence-corrected chi connectivity index (χ2v) is 12.0. The van der Waals surface area contributed by atoms with Crippen LogP contribution in [0.25, 0.3) is 33.4 Å². The van der Waals surface area contributed by atoms with E-state index < -0.39 is 5.41 Å². The molecule has 0 saturated heterocycles. The normalized spacial score (nSPS) is 13.2. The predicted molar refractivity (Wildman–Crippen MR) is 186 cm³/mol. The highest BCUT2D eigenvalue weighted by molar-refractivity contribution is 5.89. The van der Waals surface area contributed by atoms with Gasteiger partial charge in [0.05, 0.1) is 17.0 Å². The van der Waals surface area contributed by atoms with Crippen LogP contribution in [0.3, 0.4) is 0 Å². The summed E-state index contributed by atoms with van der Waals surface area (Å²) in [5.41, 5.74) is 11.5. The first-order valence-electron chi connectivity index (χ1n) is 15.7. The van der Waals surface area contributed by atoms with E-state index >= 15 is 0 Å². The summed E-state index contributed by atoms with van der Waals surface area (Å²) in [5, 5.41) is 9.27. The average molecular weight is 602 g/mol. The molecule has 1 heterocycles. The molecule has 0 bridgehead atoms. The van der Waals surface area contributed by atoms with Crippen LogP contribution in [0.2, 0.25) is 0 Å². The third-order valence-corrected chi connectivity index (χ3v) is 9.47. The smallest absolute Gasteiger partial charge is 0.170 e. The summed E-state index contributed by atoms with van der Waals surface area (Å²) >= 11 is 0. The van der Waals surface area contributed by atoms with E-state index in [2.05, 4.69) is 127 Å². The maximum absolute atomic E-state index is 9.27. The van der Waals surface area contributed by atoms with Crippen molar-refractivity contribution in [1.82, 2.24) is 0 Å². The number of rotatable bonds is 4. The summed E-state index contributed by atoms with van der Waals surface area (Å²) in [4.78, 5) is 0. The van der Waals surface area contributed by atoms with E-state index in [1.807, 2.05) is 42.5 Å². The Morgan fingerprint density at radius 2 is 0.936 bits per heavy atom. The van der Waals surface area contributed by atoms with Gasteiger partial charge in [-0.3, -0.25) is 0 Å². The van der Waals surface area contributed by atoms with Gasteiger partial charge >= 0.3 is 0 Å². The molecule has 3 heteroatoms. The Kier molecular flexibility index (Phi) is 6.10. The first-order chi connectivity index (χ1) is 23.2. The molecule has 0 unspecified atom stereocenters. The number of nitriles is 1. The van der Waals surface area contributed by atoms with E-state index in [0.717, 1.165) is 27.8 Å². The largest absolute Gasteiger partial charge is 0.450 e. The zero-order chi connectivity index (χ0) is 31.4. The lowest BCUT2D eigenvalue weighted by Gasteiger charge is -2.34. The van der Waals surface area contributed by atoms with Crippen LogP contribution in [0.15, 0.2) is 164 Å². The summed E-state index contributed by atoms with van der Waals surface area (Å²) in [6.07, 6.45) is 0. The van der Waals surface area contributed by atoms with Gasteiger partial charge in [-0.1, -0.05) is 127 Å². The SMILES string of the molecule is N#Cc1ccc(-c2ccccc2-c2ccc3c(c2)Oc2cc4c(cc2O3)C(c2ccccc2)(c2ccccc2)c2ccccc2-4)cc1. The van der Waals surface area contributed by atoms with E-state index in [9.17, 15) is 5.26 Å². The second-order valence-electron chi connectivity index (χ2n) is 12.0. The van der Waals surface area contributed by atoms with Gasteiger partial charge in [0.1, 0.15) is 0 Å².